The van der Waals surface area contributed by atoms with Gasteiger partial charge < -0.3 is 10.5 Å². The van der Waals surface area contributed by atoms with Crippen LogP contribution in [-0.4, -0.2) is 23.5 Å². The Hall–Kier alpha value is -1.77. The molecule has 1 rings (SSSR count). The predicted octanol–water partition coefficient (Wildman–Crippen LogP) is 2.13. The highest BCUT2D eigenvalue weighted by molar-refractivity contribution is 14.1. The number of halogens is 1. The first-order valence-corrected chi connectivity index (χ1v) is 6.86. The number of carbonyl (C=O) groups excluding carboxylic acids is 4. The van der Waals surface area contributed by atoms with E-state index < -0.39 is 11.9 Å². The summed E-state index contributed by atoms with van der Waals surface area (Å²) in [7, 11) is 0. The van der Waals surface area contributed by atoms with Crippen LogP contribution in [0.2, 0.25) is 0 Å². The molecule has 0 atom stereocenters. The Balaban J connectivity index is 0. The molecule has 0 aliphatic heterocycles. The molecule has 0 heterocycles. The van der Waals surface area contributed by atoms with Gasteiger partial charge >= 0.3 is 11.9 Å². The van der Waals surface area contributed by atoms with Crippen molar-refractivity contribution in [3.05, 3.63) is 27.8 Å². The van der Waals surface area contributed by atoms with Crippen molar-refractivity contribution in [1.29, 1.82) is 0 Å². The van der Waals surface area contributed by atoms with Crippen LogP contribution in [0.15, 0.2) is 24.3 Å². The molecule has 0 spiro atoms. The molecule has 116 valence electrons. The van der Waals surface area contributed by atoms with Crippen molar-refractivity contribution in [2.24, 2.45) is 0 Å². The van der Waals surface area contributed by atoms with Crippen molar-refractivity contribution in [3.63, 3.8) is 0 Å². The third-order valence-corrected chi connectivity index (χ3v) is 2.67. The fourth-order valence-corrected chi connectivity index (χ4v) is 1.06. The van der Waals surface area contributed by atoms with Crippen LogP contribution in [0.5, 0.6) is 0 Å². The molecule has 0 aromatic heterocycles. The van der Waals surface area contributed by atoms with Crippen molar-refractivity contribution < 1.29 is 23.9 Å². The maximum atomic E-state index is 9.81. The largest absolute Gasteiger partial charge is 0.398 e. The minimum absolute atomic E-state index is 0.380. The number of hydrogen-bond acceptors (Lipinski definition) is 6. The summed E-state index contributed by atoms with van der Waals surface area (Å²) in [6, 6.07) is 7.77. The molecule has 0 aliphatic carbocycles. The second-order valence-corrected chi connectivity index (χ2v) is 4.88. The molecule has 0 radical (unpaired) electrons. The molecule has 2 N–H and O–H groups in total. The van der Waals surface area contributed by atoms with Gasteiger partial charge in [0, 0.05) is 37.0 Å². The number of ketones is 2. The Labute approximate surface area is 137 Å². The third kappa shape index (κ3) is 16.2. The van der Waals surface area contributed by atoms with Crippen molar-refractivity contribution in [2.75, 3.05) is 5.73 Å². The lowest BCUT2D eigenvalue weighted by Crippen LogP contribution is -2.03. The number of nitrogen functional groups attached to an aromatic ring is 1. The van der Waals surface area contributed by atoms with E-state index in [1.807, 2.05) is 24.3 Å². The second kappa shape index (κ2) is 12.0. The number of benzene rings is 1. The van der Waals surface area contributed by atoms with E-state index in [0.29, 0.717) is 0 Å². The summed E-state index contributed by atoms with van der Waals surface area (Å²) in [6.45, 7) is 4.87. The summed E-state index contributed by atoms with van der Waals surface area (Å²) < 4.78 is 5.09. The fraction of sp³-hybridized carbons (Fsp3) is 0.286. The molecule has 0 fully saturated rings. The molecule has 0 saturated carbocycles. The second-order valence-electron chi connectivity index (χ2n) is 3.72. The molecule has 21 heavy (non-hydrogen) atoms. The number of Topliss-reactive ketones (excluding diaryl/α,β-unsaturated/α-hetero) is 2. The quantitative estimate of drug-likeness (QED) is 0.252. The van der Waals surface area contributed by atoms with Crippen LogP contribution in [0.25, 0.3) is 0 Å². The number of anilines is 1. The predicted molar refractivity (Wildman–Crippen MR) is 87.4 cm³/mol. The first kappa shape index (κ1) is 21.5. The maximum Gasteiger partial charge on any atom is 0.310 e. The highest BCUT2D eigenvalue weighted by atomic mass is 127. The van der Waals surface area contributed by atoms with Crippen molar-refractivity contribution in [3.8, 4) is 0 Å². The lowest BCUT2D eigenvalue weighted by Gasteiger charge is -1.91. The number of nitrogens with two attached hydrogens (primary N) is 1. The van der Waals surface area contributed by atoms with E-state index in [1.165, 1.54) is 27.7 Å². The summed E-state index contributed by atoms with van der Waals surface area (Å²) in [5.41, 5.74) is 6.37. The minimum Gasteiger partial charge on any atom is -0.398 e. The van der Waals surface area contributed by atoms with E-state index in [0.717, 1.165) is 9.26 Å². The number of hydrogen-bond donors (Lipinski definition) is 1. The van der Waals surface area contributed by atoms with Crippen LogP contribution in [-0.2, 0) is 23.9 Å². The van der Waals surface area contributed by atoms with Crippen LogP contribution in [0.3, 0.4) is 0 Å². The number of para-hydroxylation sites is 1. The zero-order valence-corrected chi connectivity index (χ0v) is 14.5. The van der Waals surface area contributed by atoms with Gasteiger partial charge in [-0.05, 0) is 34.7 Å². The average Bonchev–Trinajstić information content (AvgIpc) is 2.32. The molecule has 0 amide bonds. The van der Waals surface area contributed by atoms with Crippen LogP contribution < -0.4 is 5.73 Å². The van der Waals surface area contributed by atoms with Gasteiger partial charge in [-0.2, -0.15) is 0 Å². The first-order chi connectivity index (χ1) is 9.57. The zero-order valence-electron chi connectivity index (χ0n) is 12.3. The Morgan fingerprint density at radius 2 is 1.29 bits per heavy atom. The van der Waals surface area contributed by atoms with Crippen LogP contribution in [0.1, 0.15) is 27.7 Å². The number of rotatable bonds is 1. The van der Waals surface area contributed by atoms with Gasteiger partial charge in [-0.25, -0.2) is 0 Å². The summed E-state index contributed by atoms with van der Waals surface area (Å²) in [5, 5.41) is 0. The lowest BCUT2D eigenvalue weighted by atomic mass is 10.3. The van der Waals surface area contributed by atoms with E-state index in [1.54, 1.807) is 0 Å². The van der Waals surface area contributed by atoms with E-state index in [2.05, 4.69) is 27.3 Å². The number of ether oxygens (including phenoxy) is 1. The van der Waals surface area contributed by atoms with E-state index in [4.69, 9.17) is 5.73 Å². The minimum atomic E-state index is -0.562. The van der Waals surface area contributed by atoms with Crippen molar-refractivity contribution >= 4 is 51.8 Å². The first-order valence-electron chi connectivity index (χ1n) is 5.78. The van der Waals surface area contributed by atoms with Crippen LogP contribution in [0.4, 0.5) is 5.69 Å². The fourth-order valence-electron chi connectivity index (χ4n) is 0.678. The average molecular weight is 407 g/mol. The molecule has 0 unspecified atom stereocenters. The smallest absolute Gasteiger partial charge is 0.310 e. The summed E-state index contributed by atoms with van der Waals surface area (Å²) in [5.74, 6) is -1.88. The van der Waals surface area contributed by atoms with Crippen molar-refractivity contribution in [2.45, 2.75) is 27.7 Å². The molecule has 7 heteroatoms. The Morgan fingerprint density at radius 1 is 0.905 bits per heavy atom. The van der Waals surface area contributed by atoms with Gasteiger partial charge in [0.05, 0.1) is 0 Å². The van der Waals surface area contributed by atoms with Crippen molar-refractivity contribution in [1.82, 2.24) is 0 Å². The highest BCUT2D eigenvalue weighted by Crippen LogP contribution is 2.11. The van der Waals surface area contributed by atoms with Crippen LogP contribution >= 0.6 is 22.6 Å². The Kier molecular flexibility index (Phi) is 12.3. The molecule has 1 aromatic rings. The van der Waals surface area contributed by atoms with E-state index in [9.17, 15) is 19.2 Å². The van der Waals surface area contributed by atoms with Crippen LogP contribution in [0, 0.1) is 3.57 Å². The standard InChI is InChI=1S/C6H6IN.C4H6O3.C4H6O2/c7-5-3-1-2-4-6(5)8;1-3(5)7-4(2)6;1-3(5)4(2)6/h1-4H,8H2;1-2H3;1-2H3. The normalized spacial score (nSPS) is 8.24. The maximum absolute atomic E-state index is 9.81. The molecular formula is C14H18INO5. The van der Waals surface area contributed by atoms with Gasteiger partial charge in [0.25, 0.3) is 0 Å². The summed E-state index contributed by atoms with van der Waals surface area (Å²) in [4.78, 5) is 39.2. The van der Waals surface area contributed by atoms with Gasteiger partial charge in [-0.3, -0.25) is 19.2 Å². The zero-order chi connectivity index (χ0) is 17.0. The number of esters is 2. The van der Waals surface area contributed by atoms with Gasteiger partial charge in [0.2, 0.25) is 0 Å². The topological polar surface area (TPSA) is 104 Å². The van der Waals surface area contributed by atoms with E-state index >= 15 is 0 Å². The molecule has 1 aromatic carbocycles. The monoisotopic (exact) mass is 407 g/mol. The molecule has 0 aliphatic rings. The van der Waals surface area contributed by atoms with E-state index in [-0.39, 0.29) is 11.6 Å². The van der Waals surface area contributed by atoms with Gasteiger partial charge in [-0.1, -0.05) is 12.1 Å². The molecule has 0 bridgehead atoms. The molecular weight excluding hydrogens is 389 g/mol. The SMILES string of the molecule is CC(=O)C(C)=O.CC(=O)OC(C)=O.Nc1ccccc1I. The highest BCUT2D eigenvalue weighted by Gasteiger charge is 1.94. The Bertz CT molecular complexity index is 469. The molecule has 6 nitrogen and oxygen atoms in total. The lowest BCUT2D eigenvalue weighted by molar-refractivity contribution is -0.156. The summed E-state index contributed by atoms with van der Waals surface area (Å²) in [6.07, 6.45) is 0. The number of carbonyl (C=O) groups is 4. The van der Waals surface area contributed by atoms with Gasteiger partial charge in [0.15, 0.2) is 11.6 Å². The van der Waals surface area contributed by atoms with Gasteiger partial charge in [0.1, 0.15) is 0 Å². The summed E-state index contributed by atoms with van der Waals surface area (Å²) >= 11 is 2.20. The Morgan fingerprint density at radius 3 is 1.43 bits per heavy atom. The third-order valence-electron chi connectivity index (χ3n) is 1.69. The van der Waals surface area contributed by atoms with Gasteiger partial charge in [-0.15, -0.1) is 0 Å². The molecule has 0 saturated heterocycles.